The maximum Gasteiger partial charge on any atom is 0.119 e. The third kappa shape index (κ3) is 6.72. The number of rotatable bonds is 2. The summed E-state index contributed by atoms with van der Waals surface area (Å²) >= 11 is 0. The van der Waals surface area contributed by atoms with Gasteiger partial charge in [-0.2, -0.15) is 0 Å². The van der Waals surface area contributed by atoms with Crippen LogP contribution in [0.1, 0.15) is 26.2 Å². The van der Waals surface area contributed by atoms with Crippen LogP contribution in [0.5, 0.6) is 0 Å². The lowest BCUT2D eigenvalue weighted by atomic mass is 10.1. The van der Waals surface area contributed by atoms with Crippen molar-refractivity contribution in [3.63, 3.8) is 0 Å². The van der Waals surface area contributed by atoms with Gasteiger partial charge in [-0.05, 0) is 33.5 Å². The van der Waals surface area contributed by atoms with E-state index in [2.05, 4.69) is 17.3 Å². The highest BCUT2D eigenvalue weighted by Crippen LogP contribution is 2.06. The van der Waals surface area contributed by atoms with Gasteiger partial charge in [0.05, 0.1) is 0 Å². The molecule has 0 aromatic heterocycles. The molecule has 1 aliphatic rings. The quantitative estimate of drug-likeness (QED) is 0.650. The van der Waals surface area contributed by atoms with Crippen molar-refractivity contribution in [2.24, 2.45) is 0 Å². The Morgan fingerprint density at radius 3 is 2.54 bits per heavy atom. The molecule has 78 valence electrons. The van der Waals surface area contributed by atoms with Crippen molar-refractivity contribution < 1.29 is 4.79 Å². The van der Waals surface area contributed by atoms with E-state index in [4.69, 9.17) is 0 Å². The second kappa shape index (κ2) is 8.20. The maximum atomic E-state index is 9.17. The lowest BCUT2D eigenvalue weighted by Gasteiger charge is -2.29. The van der Waals surface area contributed by atoms with Gasteiger partial charge in [0.1, 0.15) is 6.29 Å². The molecule has 0 bridgehead atoms. The summed E-state index contributed by atoms with van der Waals surface area (Å²) in [7, 11) is 4.23. The standard InChI is InChI=1S/C7H16N2.C3H6O/c1-8-7-4-3-5-9(2)6-7;1-2-3-4/h7-8H,3-6H2,1-2H3;3H,2H2,1H3. The van der Waals surface area contributed by atoms with Crippen LogP contribution in [0.4, 0.5) is 0 Å². The Balaban J connectivity index is 0.000000310. The molecule has 13 heavy (non-hydrogen) atoms. The van der Waals surface area contributed by atoms with E-state index in [0.29, 0.717) is 6.42 Å². The predicted molar refractivity (Wildman–Crippen MR) is 55.9 cm³/mol. The van der Waals surface area contributed by atoms with Crippen molar-refractivity contribution >= 4 is 6.29 Å². The van der Waals surface area contributed by atoms with Crippen LogP contribution in [0.2, 0.25) is 0 Å². The van der Waals surface area contributed by atoms with Gasteiger partial charge in [-0.1, -0.05) is 6.92 Å². The molecule has 0 amide bonds. The van der Waals surface area contributed by atoms with Crippen LogP contribution in [0.25, 0.3) is 0 Å². The smallest absolute Gasteiger partial charge is 0.119 e. The minimum atomic E-state index is 0.639. The predicted octanol–water partition coefficient (Wildman–Crippen LogP) is 0.895. The second-order valence-corrected chi connectivity index (χ2v) is 3.46. The van der Waals surface area contributed by atoms with Crippen LogP contribution in [-0.2, 0) is 4.79 Å². The number of hydrogen-bond donors (Lipinski definition) is 1. The monoisotopic (exact) mass is 186 g/mol. The van der Waals surface area contributed by atoms with Crippen LogP contribution < -0.4 is 5.32 Å². The van der Waals surface area contributed by atoms with Gasteiger partial charge in [0, 0.05) is 19.0 Å². The van der Waals surface area contributed by atoms with Gasteiger partial charge in [0.15, 0.2) is 0 Å². The highest BCUT2D eigenvalue weighted by molar-refractivity contribution is 5.48. The van der Waals surface area contributed by atoms with Gasteiger partial charge < -0.3 is 15.0 Å². The topological polar surface area (TPSA) is 32.3 Å². The molecule has 3 nitrogen and oxygen atoms in total. The molecular weight excluding hydrogens is 164 g/mol. The van der Waals surface area contributed by atoms with Crippen molar-refractivity contribution in [1.82, 2.24) is 10.2 Å². The Bertz CT molecular complexity index is 128. The van der Waals surface area contributed by atoms with E-state index in [0.717, 1.165) is 12.3 Å². The summed E-state index contributed by atoms with van der Waals surface area (Å²) in [6.45, 7) is 4.31. The number of carbonyl (C=O) groups is 1. The van der Waals surface area contributed by atoms with Crippen molar-refractivity contribution in [3.05, 3.63) is 0 Å². The summed E-state index contributed by atoms with van der Waals surface area (Å²) in [4.78, 5) is 11.6. The van der Waals surface area contributed by atoms with Gasteiger partial charge in [0.2, 0.25) is 0 Å². The first-order valence-electron chi connectivity index (χ1n) is 5.04. The molecule has 0 aromatic carbocycles. The van der Waals surface area contributed by atoms with E-state index in [-0.39, 0.29) is 0 Å². The van der Waals surface area contributed by atoms with Gasteiger partial charge in [-0.15, -0.1) is 0 Å². The minimum Gasteiger partial charge on any atom is -0.316 e. The Kier molecular flexibility index (Phi) is 7.94. The fraction of sp³-hybridized carbons (Fsp3) is 0.900. The average Bonchev–Trinajstić information content (AvgIpc) is 2.18. The first-order valence-corrected chi connectivity index (χ1v) is 5.04. The number of hydrogen-bond acceptors (Lipinski definition) is 3. The van der Waals surface area contributed by atoms with E-state index in [9.17, 15) is 4.79 Å². The zero-order chi connectivity index (χ0) is 10.1. The molecular formula is C10H22N2O. The molecule has 0 aliphatic carbocycles. The Hall–Kier alpha value is -0.410. The molecule has 0 aromatic rings. The lowest BCUT2D eigenvalue weighted by molar-refractivity contribution is -0.107. The molecule has 1 atom stereocenters. The molecule has 0 spiro atoms. The molecule has 0 radical (unpaired) electrons. The first-order chi connectivity index (χ1) is 6.24. The number of nitrogens with zero attached hydrogens (tertiary/aromatic N) is 1. The van der Waals surface area contributed by atoms with E-state index in [1.54, 1.807) is 0 Å². The molecule has 0 saturated carbocycles. The number of aldehydes is 1. The van der Waals surface area contributed by atoms with E-state index in [1.165, 1.54) is 25.9 Å². The van der Waals surface area contributed by atoms with Crippen LogP contribution in [0, 0.1) is 0 Å². The zero-order valence-corrected chi connectivity index (χ0v) is 9.05. The van der Waals surface area contributed by atoms with Gasteiger partial charge in [0.25, 0.3) is 0 Å². The Labute approximate surface area is 81.5 Å². The number of piperidine rings is 1. The second-order valence-electron chi connectivity index (χ2n) is 3.46. The number of carbonyl (C=O) groups excluding carboxylic acids is 1. The lowest BCUT2D eigenvalue weighted by Crippen LogP contribution is -2.42. The number of nitrogens with one attached hydrogen (secondary N) is 1. The molecule has 1 saturated heterocycles. The average molecular weight is 186 g/mol. The summed E-state index contributed by atoms with van der Waals surface area (Å²) in [6.07, 6.45) is 4.21. The minimum absolute atomic E-state index is 0.639. The highest BCUT2D eigenvalue weighted by atomic mass is 16.1. The van der Waals surface area contributed by atoms with E-state index < -0.39 is 0 Å². The van der Waals surface area contributed by atoms with Crippen LogP contribution in [-0.4, -0.2) is 44.4 Å². The van der Waals surface area contributed by atoms with E-state index >= 15 is 0 Å². The summed E-state index contributed by atoms with van der Waals surface area (Å²) in [6, 6.07) is 0.740. The molecule has 1 heterocycles. The zero-order valence-electron chi connectivity index (χ0n) is 9.05. The number of likely N-dealkylation sites (tertiary alicyclic amines) is 1. The summed E-state index contributed by atoms with van der Waals surface area (Å²) in [5.74, 6) is 0. The van der Waals surface area contributed by atoms with Gasteiger partial charge in [-0.3, -0.25) is 0 Å². The van der Waals surface area contributed by atoms with Gasteiger partial charge >= 0.3 is 0 Å². The molecule has 1 rings (SSSR count). The van der Waals surface area contributed by atoms with Crippen molar-refractivity contribution in [2.75, 3.05) is 27.2 Å². The van der Waals surface area contributed by atoms with Crippen molar-refractivity contribution in [3.8, 4) is 0 Å². The summed E-state index contributed by atoms with van der Waals surface area (Å²) in [5.41, 5.74) is 0. The number of likely N-dealkylation sites (N-methyl/N-ethyl adjacent to an activating group) is 2. The molecule has 1 fully saturated rings. The molecule has 3 heteroatoms. The molecule has 1 aliphatic heterocycles. The highest BCUT2D eigenvalue weighted by Gasteiger charge is 2.13. The van der Waals surface area contributed by atoms with E-state index in [1.807, 2.05) is 14.0 Å². The van der Waals surface area contributed by atoms with Crippen molar-refractivity contribution in [1.29, 1.82) is 0 Å². The van der Waals surface area contributed by atoms with Gasteiger partial charge in [-0.25, -0.2) is 0 Å². The van der Waals surface area contributed by atoms with Crippen LogP contribution >= 0.6 is 0 Å². The Morgan fingerprint density at radius 2 is 2.23 bits per heavy atom. The van der Waals surface area contributed by atoms with Crippen molar-refractivity contribution in [2.45, 2.75) is 32.2 Å². The molecule has 1 unspecified atom stereocenters. The third-order valence-electron chi connectivity index (χ3n) is 2.20. The third-order valence-corrected chi connectivity index (χ3v) is 2.20. The fourth-order valence-corrected chi connectivity index (χ4v) is 1.40. The summed E-state index contributed by atoms with van der Waals surface area (Å²) in [5, 5.41) is 3.29. The summed E-state index contributed by atoms with van der Waals surface area (Å²) < 4.78 is 0. The normalized spacial score (nSPS) is 23.2. The first kappa shape index (κ1) is 12.6. The SMILES string of the molecule is CCC=O.CNC1CCCN(C)C1. The largest absolute Gasteiger partial charge is 0.316 e. The van der Waals surface area contributed by atoms with Crippen LogP contribution in [0.15, 0.2) is 0 Å². The Morgan fingerprint density at radius 1 is 1.62 bits per heavy atom. The van der Waals surface area contributed by atoms with Crippen LogP contribution in [0.3, 0.4) is 0 Å². The fourth-order valence-electron chi connectivity index (χ4n) is 1.40. The maximum absolute atomic E-state index is 9.17. The molecule has 1 N–H and O–H groups in total.